The van der Waals surface area contributed by atoms with E-state index in [1.165, 1.54) is 18.2 Å². The second kappa shape index (κ2) is 7.67. The van der Waals surface area contributed by atoms with Crippen LogP contribution in [0.25, 0.3) is 0 Å². The van der Waals surface area contributed by atoms with E-state index in [0.29, 0.717) is 6.61 Å². The van der Waals surface area contributed by atoms with Crippen molar-refractivity contribution in [2.75, 3.05) is 13.2 Å². The van der Waals surface area contributed by atoms with Gasteiger partial charge < -0.3 is 14.6 Å². The van der Waals surface area contributed by atoms with Crippen molar-refractivity contribution in [3.8, 4) is 5.75 Å². The summed E-state index contributed by atoms with van der Waals surface area (Å²) in [5.41, 5.74) is 0.180. The Labute approximate surface area is 124 Å². The van der Waals surface area contributed by atoms with Gasteiger partial charge in [-0.15, -0.1) is 0 Å². The van der Waals surface area contributed by atoms with Crippen LogP contribution in [0, 0.1) is 11.8 Å². The molecule has 0 atom stereocenters. The van der Waals surface area contributed by atoms with Gasteiger partial charge in [0.1, 0.15) is 11.3 Å². The van der Waals surface area contributed by atoms with Gasteiger partial charge in [-0.25, -0.2) is 9.59 Å². The number of phenols is 1. The highest BCUT2D eigenvalue weighted by Crippen LogP contribution is 2.20. The fraction of sp³-hybridized carbons (Fsp3) is 0.500. The van der Waals surface area contributed by atoms with Crippen LogP contribution < -0.4 is 0 Å². The monoisotopic (exact) mass is 294 g/mol. The van der Waals surface area contributed by atoms with Crippen LogP contribution in [0.2, 0.25) is 0 Å². The molecule has 0 amide bonds. The lowest BCUT2D eigenvalue weighted by Gasteiger charge is -2.10. The highest BCUT2D eigenvalue weighted by Gasteiger charge is 2.17. The van der Waals surface area contributed by atoms with E-state index in [1.807, 2.05) is 27.7 Å². The zero-order valence-corrected chi connectivity index (χ0v) is 12.9. The maximum atomic E-state index is 11.9. The Balaban J connectivity index is 2.84. The van der Waals surface area contributed by atoms with Gasteiger partial charge in [0, 0.05) is 0 Å². The van der Waals surface area contributed by atoms with Crippen molar-refractivity contribution in [2.24, 2.45) is 11.8 Å². The number of ether oxygens (including phenoxy) is 2. The van der Waals surface area contributed by atoms with Crippen molar-refractivity contribution < 1.29 is 24.2 Å². The van der Waals surface area contributed by atoms with Gasteiger partial charge in [-0.05, 0) is 30.0 Å². The molecule has 0 fully saturated rings. The molecule has 0 spiro atoms. The Bertz CT molecular complexity index is 505. The van der Waals surface area contributed by atoms with Gasteiger partial charge in [-0.2, -0.15) is 0 Å². The first kappa shape index (κ1) is 17.0. The predicted octanol–water partition coefficient (Wildman–Crippen LogP) is 3.02. The number of rotatable bonds is 6. The molecule has 0 aliphatic rings. The Hall–Kier alpha value is -2.04. The zero-order valence-electron chi connectivity index (χ0n) is 12.9. The lowest BCUT2D eigenvalue weighted by atomic mass is 10.1. The number of hydrogen-bond donors (Lipinski definition) is 1. The molecule has 0 saturated carbocycles. The van der Waals surface area contributed by atoms with Crippen LogP contribution in [0.15, 0.2) is 18.2 Å². The third-order valence-corrected chi connectivity index (χ3v) is 2.55. The van der Waals surface area contributed by atoms with Crippen LogP contribution in [0.5, 0.6) is 5.75 Å². The quantitative estimate of drug-likeness (QED) is 0.816. The standard InChI is InChI=1S/C16H22O5/c1-10(2)8-20-15(18)12-5-6-14(17)13(7-12)16(19)21-9-11(3)4/h5-7,10-11,17H,8-9H2,1-4H3. The second-order valence-electron chi connectivity index (χ2n) is 5.72. The van der Waals surface area contributed by atoms with Crippen molar-refractivity contribution in [2.45, 2.75) is 27.7 Å². The predicted molar refractivity (Wildman–Crippen MR) is 78.3 cm³/mol. The summed E-state index contributed by atoms with van der Waals surface area (Å²) in [6.07, 6.45) is 0. The van der Waals surface area contributed by atoms with Crippen LogP contribution in [0.4, 0.5) is 0 Å². The van der Waals surface area contributed by atoms with Gasteiger partial charge in [0.05, 0.1) is 18.8 Å². The van der Waals surface area contributed by atoms with Gasteiger partial charge in [-0.3, -0.25) is 0 Å². The minimum atomic E-state index is -0.653. The SMILES string of the molecule is CC(C)COC(=O)c1ccc(O)c(C(=O)OCC(C)C)c1. The largest absolute Gasteiger partial charge is 0.507 e. The third kappa shape index (κ3) is 5.45. The number of hydrogen-bond acceptors (Lipinski definition) is 5. The number of carbonyl (C=O) groups excluding carboxylic acids is 2. The summed E-state index contributed by atoms with van der Waals surface area (Å²) in [5, 5.41) is 9.72. The first-order chi connectivity index (χ1) is 9.81. The zero-order chi connectivity index (χ0) is 16.0. The topological polar surface area (TPSA) is 72.8 Å². The fourth-order valence-electron chi connectivity index (χ4n) is 1.47. The maximum Gasteiger partial charge on any atom is 0.341 e. The normalized spacial score (nSPS) is 10.8. The summed E-state index contributed by atoms with van der Waals surface area (Å²) in [5.74, 6) is -0.984. The average molecular weight is 294 g/mol. The van der Waals surface area contributed by atoms with Crippen LogP contribution in [0.1, 0.15) is 48.4 Å². The molecule has 1 rings (SSSR count). The smallest absolute Gasteiger partial charge is 0.341 e. The summed E-state index contributed by atoms with van der Waals surface area (Å²) in [7, 11) is 0. The van der Waals surface area contributed by atoms with Gasteiger partial charge in [-0.1, -0.05) is 27.7 Å². The highest BCUT2D eigenvalue weighted by atomic mass is 16.5. The molecule has 0 unspecified atom stereocenters. The molecule has 1 aromatic carbocycles. The molecule has 0 aromatic heterocycles. The molecule has 0 saturated heterocycles. The molecular formula is C16H22O5. The van der Waals surface area contributed by atoms with E-state index in [0.717, 1.165) is 0 Å². The molecule has 0 aliphatic heterocycles. The number of carbonyl (C=O) groups is 2. The number of esters is 2. The molecule has 5 nitrogen and oxygen atoms in total. The molecule has 0 radical (unpaired) electrons. The van der Waals surface area contributed by atoms with Gasteiger partial charge in [0.25, 0.3) is 0 Å². The molecule has 1 N–H and O–H groups in total. The van der Waals surface area contributed by atoms with Crippen LogP contribution in [-0.2, 0) is 9.47 Å². The van der Waals surface area contributed by atoms with Crippen molar-refractivity contribution >= 4 is 11.9 Å². The van der Waals surface area contributed by atoms with Crippen molar-refractivity contribution in [1.29, 1.82) is 0 Å². The molecule has 1 aromatic rings. The first-order valence-corrected chi connectivity index (χ1v) is 6.98. The summed E-state index contributed by atoms with van der Waals surface area (Å²) >= 11 is 0. The number of phenolic OH excluding ortho intramolecular Hbond substituents is 1. The van der Waals surface area contributed by atoms with E-state index < -0.39 is 11.9 Å². The lowest BCUT2D eigenvalue weighted by molar-refractivity contribution is 0.0454. The van der Waals surface area contributed by atoms with E-state index in [9.17, 15) is 14.7 Å². The van der Waals surface area contributed by atoms with Gasteiger partial charge in [0.2, 0.25) is 0 Å². The van der Waals surface area contributed by atoms with Crippen molar-refractivity contribution in [1.82, 2.24) is 0 Å². The molecule has 116 valence electrons. The van der Waals surface area contributed by atoms with Crippen LogP contribution in [-0.4, -0.2) is 30.3 Å². The Morgan fingerprint density at radius 1 is 1.00 bits per heavy atom. The molecule has 21 heavy (non-hydrogen) atoms. The molecular weight excluding hydrogens is 272 g/mol. The Morgan fingerprint density at radius 3 is 2.05 bits per heavy atom. The molecule has 5 heteroatoms. The summed E-state index contributed by atoms with van der Waals surface area (Å²) < 4.78 is 10.1. The van der Waals surface area contributed by atoms with Crippen LogP contribution in [0.3, 0.4) is 0 Å². The van der Waals surface area contributed by atoms with Crippen LogP contribution >= 0.6 is 0 Å². The fourth-order valence-corrected chi connectivity index (χ4v) is 1.47. The van der Waals surface area contributed by atoms with Crippen molar-refractivity contribution in [3.63, 3.8) is 0 Å². The number of benzene rings is 1. The summed E-state index contributed by atoms with van der Waals surface area (Å²) in [6.45, 7) is 8.23. The first-order valence-electron chi connectivity index (χ1n) is 6.98. The maximum absolute atomic E-state index is 11.9. The molecule has 0 bridgehead atoms. The molecule has 0 heterocycles. The van der Waals surface area contributed by atoms with Gasteiger partial charge in [0.15, 0.2) is 0 Å². The third-order valence-electron chi connectivity index (χ3n) is 2.55. The van der Waals surface area contributed by atoms with E-state index in [1.54, 1.807) is 0 Å². The summed E-state index contributed by atoms with van der Waals surface area (Å²) in [4.78, 5) is 23.7. The Kier molecular flexibility index (Phi) is 6.21. The average Bonchev–Trinajstić information content (AvgIpc) is 2.42. The van der Waals surface area contributed by atoms with E-state index in [-0.39, 0.29) is 35.3 Å². The molecule has 0 aliphatic carbocycles. The van der Waals surface area contributed by atoms with Gasteiger partial charge >= 0.3 is 11.9 Å². The highest BCUT2D eigenvalue weighted by molar-refractivity contribution is 5.97. The minimum Gasteiger partial charge on any atom is -0.507 e. The van der Waals surface area contributed by atoms with Crippen molar-refractivity contribution in [3.05, 3.63) is 29.3 Å². The minimum absolute atomic E-state index is 0.0327. The van der Waals surface area contributed by atoms with E-state index in [4.69, 9.17) is 9.47 Å². The van der Waals surface area contributed by atoms with E-state index in [2.05, 4.69) is 0 Å². The lowest BCUT2D eigenvalue weighted by Crippen LogP contribution is -2.13. The van der Waals surface area contributed by atoms with E-state index >= 15 is 0 Å². The second-order valence-corrected chi connectivity index (χ2v) is 5.72. The Morgan fingerprint density at radius 2 is 1.52 bits per heavy atom. The number of aromatic hydroxyl groups is 1. The summed E-state index contributed by atoms with van der Waals surface area (Å²) in [6, 6.07) is 4.00.